The summed E-state index contributed by atoms with van der Waals surface area (Å²) in [6.45, 7) is 12.4. The molecule has 1 saturated heterocycles. The van der Waals surface area contributed by atoms with E-state index in [4.69, 9.17) is 10.1 Å². The van der Waals surface area contributed by atoms with Crippen molar-refractivity contribution in [3.63, 3.8) is 0 Å². The van der Waals surface area contributed by atoms with Gasteiger partial charge >= 0.3 is 0 Å². The second-order valence-electron chi connectivity index (χ2n) is 9.98. The molecule has 2 aromatic heterocycles. The Bertz CT molecular complexity index is 1220. The van der Waals surface area contributed by atoms with Crippen LogP contribution < -0.4 is 15.8 Å². The Kier molecular flexibility index (Phi) is 5.60. The van der Waals surface area contributed by atoms with Crippen molar-refractivity contribution in [2.45, 2.75) is 52.5 Å². The number of nitrogens with zero attached hydrogens (tertiary/aromatic N) is 5. The van der Waals surface area contributed by atoms with Crippen molar-refractivity contribution in [1.29, 1.82) is 0 Å². The first kappa shape index (κ1) is 21.9. The molecular weight excluding hydrogens is 412 g/mol. The second kappa shape index (κ2) is 8.45. The largest absolute Gasteiger partial charge is 0.367 e. The van der Waals surface area contributed by atoms with Crippen molar-refractivity contribution in [2.75, 3.05) is 31.1 Å². The Balaban J connectivity index is 1.45. The molecule has 174 valence electrons. The van der Waals surface area contributed by atoms with E-state index in [1.54, 1.807) is 10.5 Å². The maximum atomic E-state index is 13.1. The van der Waals surface area contributed by atoms with Gasteiger partial charge in [-0.2, -0.15) is 5.10 Å². The SMILES string of the molecule is CCC(C)/C(C)=C\N1CC(C)=CC(c2cc(=O)n3cc(N4CCNC5(CC5)C4)ccc3n2)=N1. The summed E-state index contributed by atoms with van der Waals surface area (Å²) >= 11 is 0. The molecule has 2 aliphatic heterocycles. The minimum absolute atomic E-state index is 0.0784. The van der Waals surface area contributed by atoms with Crippen molar-refractivity contribution in [3.8, 4) is 0 Å². The molecule has 1 N–H and O–H groups in total. The monoisotopic (exact) mass is 446 g/mol. The van der Waals surface area contributed by atoms with Gasteiger partial charge in [0.05, 0.1) is 17.9 Å². The lowest BCUT2D eigenvalue weighted by Crippen LogP contribution is -2.52. The predicted octanol–water partition coefficient (Wildman–Crippen LogP) is 3.55. The maximum absolute atomic E-state index is 13.1. The number of hydrogen-bond donors (Lipinski definition) is 1. The van der Waals surface area contributed by atoms with Crippen molar-refractivity contribution in [2.24, 2.45) is 11.0 Å². The molecule has 0 amide bonds. The van der Waals surface area contributed by atoms with E-state index < -0.39 is 0 Å². The van der Waals surface area contributed by atoms with Crippen LogP contribution in [0, 0.1) is 5.92 Å². The molecule has 1 saturated carbocycles. The van der Waals surface area contributed by atoms with Gasteiger partial charge in [-0.15, -0.1) is 0 Å². The van der Waals surface area contributed by atoms with E-state index in [-0.39, 0.29) is 11.1 Å². The molecule has 33 heavy (non-hydrogen) atoms. The highest BCUT2D eigenvalue weighted by molar-refractivity contribution is 6.08. The van der Waals surface area contributed by atoms with Crippen molar-refractivity contribution < 1.29 is 0 Å². The number of allylic oxidation sites excluding steroid dienone is 2. The van der Waals surface area contributed by atoms with Gasteiger partial charge in [0.25, 0.3) is 5.56 Å². The van der Waals surface area contributed by atoms with E-state index >= 15 is 0 Å². The Labute approximate surface area is 195 Å². The molecule has 0 aromatic carbocycles. The fraction of sp³-hybridized carbons (Fsp3) is 0.500. The molecule has 7 heteroatoms. The molecule has 3 aliphatic rings. The highest BCUT2D eigenvalue weighted by Crippen LogP contribution is 2.38. The summed E-state index contributed by atoms with van der Waals surface area (Å²) in [6.07, 6.45) is 9.65. The smallest absolute Gasteiger partial charge is 0.258 e. The number of piperazine rings is 1. The number of rotatable bonds is 5. The van der Waals surface area contributed by atoms with Crippen LogP contribution in [0.5, 0.6) is 0 Å². The minimum atomic E-state index is -0.0784. The average molecular weight is 447 g/mol. The fourth-order valence-corrected chi connectivity index (χ4v) is 4.69. The van der Waals surface area contributed by atoms with E-state index in [1.165, 1.54) is 24.0 Å². The summed E-state index contributed by atoms with van der Waals surface area (Å²) in [5.41, 5.74) is 5.78. The zero-order chi connectivity index (χ0) is 23.2. The fourth-order valence-electron chi connectivity index (χ4n) is 4.69. The van der Waals surface area contributed by atoms with Crippen LogP contribution in [-0.2, 0) is 0 Å². The Morgan fingerprint density at radius 1 is 1.33 bits per heavy atom. The second-order valence-corrected chi connectivity index (χ2v) is 9.98. The van der Waals surface area contributed by atoms with Crippen LogP contribution >= 0.6 is 0 Å². The quantitative estimate of drug-likeness (QED) is 0.761. The highest BCUT2D eigenvalue weighted by Gasteiger charge is 2.45. The van der Waals surface area contributed by atoms with Crippen molar-refractivity contribution in [1.82, 2.24) is 19.7 Å². The normalized spacial score (nSPS) is 21.3. The average Bonchev–Trinajstić information content (AvgIpc) is 3.55. The Morgan fingerprint density at radius 3 is 2.91 bits per heavy atom. The number of hydrogen-bond acceptors (Lipinski definition) is 6. The van der Waals surface area contributed by atoms with E-state index in [9.17, 15) is 4.79 Å². The van der Waals surface area contributed by atoms with Crippen LogP contribution in [0.2, 0.25) is 0 Å². The van der Waals surface area contributed by atoms with Gasteiger partial charge in [0.15, 0.2) is 0 Å². The van der Waals surface area contributed by atoms with Gasteiger partial charge in [-0.25, -0.2) is 4.98 Å². The molecular formula is C26H34N6O. The molecule has 4 heterocycles. The van der Waals surface area contributed by atoms with E-state index in [0.717, 1.165) is 44.0 Å². The summed E-state index contributed by atoms with van der Waals surface area (Å²) < 4.78 is 1.66. The van der Waals surface area contributed by atoms with E-state index in [1.807, 2.05) is 23.3 Å². The van der Waals surface area contributed by atoms with E-state index in [0.29, 0.717) is 17.3 Å². The third-order valence-electron chi connectivity index (χ3n) is 7.27. The molecule has 1 atom stereocenters. The zero-order valence-corrected chi connectivity index (χ0v) is 20.1. The first-order valence-electron chi connectivity index (χ1n) is 12.1. The van der Waals surface area contributed by atoms with Crippen LogP contribution in [0.4, 0.5) is 5.69 Å². The Morgan fingerprint density at radius 2 is 2.15 bits per heavy atom. The first-order valence-corrected chi connectivity index (χ1v) is 12.1. The van der Waals surface area contributed by atoms with Gasteiger partial charge in [-0.3, -0.25) is 14.2 Å². The number of hydrazone groups is 1. The van der Waals surface area contributed by atoms with Crippen LogP contribution in [0.1, 0.15) is 52.7 Å². The summed E-state index contributed by atoms with van der Waals surface area (Å²) in [7, 11) is 0. The van der Waals surface area contributed by atoms with Gasteiger partial charge in [-0.1, -0.05) is 19.4 Å². The number of nitrogens with one attached hydrogen (secondary N) is 1. The van der Waals surface area contributed by atoms with Gasteiger partial charge in [0.1, 0.15) is 11.4 Å². The summed E-state index contributed by atoms with van der Waals surface area (Å²) in [6, 6.07) is 5.64. The lowest BCUT2D eigenvalue weighted by molar-refractivity contribution is 0.418. The molecule has 0 radical (unpaired) electrons. The molecule has 2 aromatic rings. The van der Waals surface area contributed by atoms with Crippen LogP contribution in [0.25, 0.3) is 5.65 Å². The van der Waals surface area contributed by atoms with Gasteiger partial charge in [0.2, 0.25) is 0 Å². The molecule has 0 bridgehead atoms. The summed E-state index contributed by atoms with van der Waals surface area (Å²) in [5, 5.41) is 10.4. The third-order valence-corrected chi connectivity index (χ3v) is 7.27. The molecule has 5 rings (SSSR count). The lowest BCUT2D eigenvalue weighted by Gasteiger charge is -2.35. The third kappa shape index (κ3) is 4.47. The number of aromatic nitrogens is 2. The first-order chi connectivity index (χ1) is 15.9. The standard InChI is InChI=1S/C26H34N6O/c1-5-19(3)20(4)15-31-14-18(2)12-23(29-31)22-13-25(33)32-16-21(6-7-24(32)28-22)30-11-10-27-26(17-30)8-9-26/h6-7,12-13,15-16,19,27H,5,8-11,14,17H2,1-4H3/b20-15-. The molecule has 2 fully saturated rings. The molecule has 7 nitrogen and oxygen atoms in total. The van der Waals surface area contributed by atoms with Crippen molar-refractivity contribution >= 4 is 17.0 Å². The lowest BCUT2D eigenvalue weighted by atomic mass is 10.0. The highest BCUT2D eigenvalue weighted by atomic mass is 16.1. The van der Waals surface area contributed by atoms with Gasteiger partial charge in [0, 0.05) is 43.6 Å². The van der Waals surface area contributed by atoms with Gasteiger partial charge in [-0.05, 0) is 62.8 Å². The van der Waals surface area contributed by atoms with Crippen LogP contribution in [0.3, 0.4) is 0 Å². The molecule has 1 aliphatic carbocycles. The predicted molar refractivity (Wildman–Crippen MR) is 134 cm³/mol. The maximum Gasteiger partial charge on any atom is 0.258 e. The molecule has 1 spiro atoms. The number of pyridine rings is 1. The summed E-state index contributed by atoms with van der Waals surface area (Å²) in [5.74, 6) is 0.512. The van der Waals surface area contributed by atoms with Gasteiger partial charge < -0.3 is 10.2 Å². The number of fused-ring (bicyclic) bond motifs is 1. The summed E-state index contributed by atoms with van der Waals surface area (Å²) in [4.78, 5) is 20.3. The van der Waals surface area contributed by atoms with Crippen molar-refractivity contribution in [3.05, 3.63) is 63.9 Å². The molecule has 1 unspecified atom stereocenters. The minimum Gasteiger partial charge on any atom is -0.367 e. The topological polar surface area (TPSA) is 65.2 Å². The van der Waals surface area contributed by atoms with E-state index in [2.05, 4.69) is 50.2 Å². The number of anilines is 1. The zero-order valence-electron chi connectivity index (χ0n) is 20.1. The Hall–Kier alpha value is -2.93. The van der Waals surface area contributed by atoms with Crippen LogP contribution in [-0.4, -0.2) is 51.8 Å². The van der Waals surface area contributed by atoms with Crippen LogP contribution in [0.15, 0.2) is 57.7 Å².